The van der Waals surface area contributed by atoms with E-state index in [1.165, 1.54) is 25.7 Å². The Morgan fingerprint density at radius 2 is 1.92 bits per heavy atom. The zero-order valence-corrected chi connectivity index (χ0v) is 8.21. The fraction of sp³-hybridized carbons (Fsp3) is 1.00. The van der Waals surface area contributed by atoms with Crippen LogP contribution in [0.4, 0.5) is 0 Å². The van der Waals surface area contributed by atoms with Crippen LogP contribution in [-0.4, -0.2) is 41.9 Å². The maximum atomic E-state index is 10.0. The van der Waals surface area contributed by atoms with Gasteiger partial charge in [0.05, 0.1) is 0 Å². The van der Waals surface area contributed by atoms with Crippen molar-refractivity contribution in [3.05, 3.63) is 0 Å². The quantitative estimate of drug-likeness (QED) is 0.657. The van der Waals surface area contributed by atoms with Gasteiger partial charge in [-0.1, -0.05) is 6.42 Å². The third-order valence-corrected chi connectivity index (χ3v) is 3.22. The molecular formula is C10H20N2O. The third-order valence-electron chi connectivity index (χ3n) is 3.22. The SMILES string of the molecule is OC(C1CCCN1)N1CCCCC1. The molecule has 0 aromatic heterocycles. The third kappa shape index (κ3) is 2.22. The molecule has 2 aliphatic heterocycles. The molecule has 2 N–H and O–H groups in total. The maximum Gasteiger partial charge on any atom is 0.122 e. The van der Waals surface area contributed by atoms with Crippen LogP contribution in [0.1, 0.15) is 32.1 Å². The lowest BCUT2D eigenvalue weighted by Crippen LogP contribution is -2.49. The lowest BCUT2D eigenvalue weighted by molar-refractivity contribution is -0.0296. The van der Waals surface area contributed by atoms with Gasteiger partial charge in [0.1, 0.15) is 6.23 Å². The van der Waals surface area contributed by atoms with Crippen molar-refractivity contribution < 1.29 is 5.11 Å². The highest BCUT2D eigenvalue weighted by molar-refractivity contribution is 4.82. The highest BCUT2D eigenvalue weighted by atomic mass is 16.3. The molecule has 0 aliphatic carbocycles. The molecule has 0 amide bonds. The minimum absolute atomic E-state index is 0.234. The van der Waals surface area contributed by atoms with E-state index in [1.54, 1.807) is 0 Å². The Hall–Kier alpha value is -0.120. The van der Waals surface area contributed by atoms with Crippen LogP contribution in [0.3, 0.4) is 0 Å². The van der Waals surface area contributed by atoms with E-state index in [-0.39, 0.29) is 6.23 Å². The van der Waals surface area contributed by atoms with E-state index < -0.39 is 0 Å². The summed E-state index contributed by atoms with van der Waals surface area (Å²) < 4.78 is 0. The highest BCUT2D eigenvalue weighted by Gasteiger charge is 2.28. The maximum absolute atomic E-state index is 10.0. The minimum Gasteiger partial charge on any atom is -0.377 e. The largest absolute Gasteiger partial charge is 0.377 e. The van der Waals surface area contributed by atoms with E-state index in [0.717, 1.165) is 26.1 Å². The molecule has 0 saturated carbocycles. The molecule has 0 aromatic carbocycles. The Labute approximate surface area is 80.1 Å². The first-order valence-electron chi connectivity index (χ1n) is 5.53. The van der Waals surface area contributed by atoms with E-state index in [0.29, 0.717) is 6.04 Å². The summed E-state index contributed by atoms with van der Waals surface area (Å²) in [6.45, 7) is 3.24. The van der Waals surface area contributed by atoms with Crippen LogP contribution in [0.25, 0.3) is 0 Å². The van der Waals surface area contributed by atoms with E-state index in [9.17, 15) is 5.11 Å². The number of hydrogen-bond acceptors (Lipinski definition) is 3. The number of aliphatic hydroxyl groups excluding tert-OH is 1. The number of nitrogens with one attached hydrogen (secondary N) is 1. The molecule has 0 spiro atoms. The minimum atomic E-state index is -0.234. The molecule has 2 heterocycles. The number of hydrogen-bond donors (Lipinski definition) is 2. The average Bonchev–Trinajstić information content (AvgIpc) is 2.71. The lowest BCUT2D eigenvalue weighted by atomic mass is 10.1. The Morgan fingerprint density at radius 3 is 2.54 bits per heavy atom. The highest BCUT2D eigenvalue weighted by Crippen LogP contribution is 2.17. The van der Waals surface area contributed by atoms with Crippen LogP contribution >= 0.6 is 0 Å². The first kappa shape index (κ1) is 9.44. The summed E-state index contributed by atoms with van der Waals surface area (Å²) in [5.41, 5.74) is 0. The second-order valence-electron chi connectivity index (χ2n) is 4.21. The molecule has 2 aliphatic rings. The first-order chi connectivity index (χ1) is 6.38. The number of aliphatic hydroxyl groups is 1. The number of piperidine rings is 1. The summed E-state index contributed by atoms with van der Waals surface area (Å²) in [7, 11) is 0. The Balaban J connectivity index is 1.83. The standard InChI is InChI=1S/C10H20N2O/c13-10(9-5-4-6-11-9)12-7-2-1-3-8-12/h9-11,13H,1-8H2. The van der Waals surface area contributed by atoms with E-state index in [4.69, 9.17) is 0 Å². The van der Waals surface area contributed by atoms with Crippen molar-refractivity contribution in [1.29, 1.82) is 0 Å². The predicted molar refractivity (Wildman–Crippen MR) is 52.5 cm³/mol. The summed E-state index contributed by atoms with van der Waals surface area (Å²) >= 11 is 0. The summed E-state index contributed by atoms with van der Waals surface area (Å²) in [6, 6.07) is 0.332. The number of rotatable bonds is 2. The average molecular weight is 184 g/mol. The van der Waals surface area contributed by atoms with Gasteiger partial charge in [-0.25, -0.2) is 0 Å². The second-order valence-corrected chi connectivity index (χ2v) is 4.21. The van der Waals surface area contributed by atoms with Gasteiger partial charge in [0, 0.05) is 19.1 Å². The molecule has 0 radical (unpaired) electrons. The fourth-order valence-electron chi connectivity index (χ4n) is 2.40. The van der Waals surface area contributed by atoms with Crippen molar-refractivity contribution in [2.45, 2.75) is 44.4 Å². The van der Waals surface area contributed by atoms with Gasteiger partial charge in [-0.15, -0.1) is 0 Å². The van der Waals surface area contributed by atoms with Gasteiger partial charge >= 0.3 is 0 Å². The monoisotopic (exact) mass is 184 g/mol. The number of nitrogens with zero attached hydrogens (tertiary/aromatic N) is 1. The lowest BCUT2D eigenvalue weighted by Gasteiger charge is -2.34. The molecule has 0 aromatic rings. The number of likely N-dealkylation sites (tertiary alicyclic amines) is 1. The van der Waals surface area contributed by atoms with Crippen LogP contribution in [0.2, 0.25) is 0 Å². The molecular weight excluding hydrogens is 164 g/mol. The van der Waals surface area contributed by atoms with E-state index >= 15 is 0 Å². The van der Waals surface area contributed by atoms with E-state index in [2.05, 4.69) is 10.2 Å². The van der Waals surface area contributed by atoms with Crippen LogP contribution < -0.4 is 5.32 Å². The fourth-order valence-corrected chi connectivity index (χ4v) is 2.40. The molecule has 2 fully saturated rings. The topological polar surface area (TPSA) is 35.5 Å². The summed E-state index contributed by atoms with van der Waals surface area (Å²) in [5, 5.41) is 13.4. The van der Waals surface area contributed by atoms with Crippen LogP contribution in [-0.2, 0) is 0 Å². The van der Waals surface area contributed by atoms with Crippen LogP contribution in [0, 0.1) is 0 Å². The molecule has 2 atom stereocenters. The molecule has 13 heavy (non-hydrogen) atoms. The van der Waals surface area contributed by atoms with Crippen molar-refractivity contribution in [2.24, 2.45) is 0 Å². The molecule has 0 bridgehead atoms. The summed E-state index contributed by atoms with van der Waals surface area (Å²) in [6.07, 6.45) is 5.96. The van der Waals surface area contributed by atoms with Crippen molar-refractivity contribution in [3.63, 3.8) is 0 Å². The molecule has 2 rings (SSSR count). The van der Waals surface area contributed by atoms with Crippen molar-refractivity contribution in [3.8, 4) is 0 Å². The predicted octanol–water partition coefficient (Wildman–Crippen LogP) is 0.543. The first-order valence-corrected chi connectivity index (χ1v) is 5.53. The van der Waals surface area contributed by atoms with Crippen molar-refractivity contribution in [2.75, 3.05) is 19.6 Å². The van der Waals surface area contributed by atoms with Gasteiger partial charge in [-0.3, -0.25) is 4.90 Å². The van der Waals surface area contributed by atoms with Gasteiger partial charge in [-0.05, 0) is 32.2 Å². The van der Waals surface area contributed by atoms with Crippen LogP contribution in [0.5, 0.6) is 0 Å². The normalized spacial score (nSPS) is 33.5. The Kier molecular flexibility index (Phi) is 3.19. The molecule has 76 valence electrons. The molecule has 2 saturated heterocycles. The molecule has 3 nitrogen and oxygen atoms in total. The summed E-state index contributed by atoms with van der Waals surface area (Å²) in [4.78, 5) is 2.23. The Bertz CT molecular complexity index is 151. The van der Waals surface area contributed by atoms with E-state index in [1.807, 2.05) is 0 Å². The van der Waals surface area contributed by atoms with Crippen molar-refractivity contribution in [1.82, 2.24) is 10.2 Å². The van der Waals surface area contributed by atoms with Gasteiger partial charge in [0.2, 0.25) is 0 Å². The van der Waals surface area contributed by atoms with Gasteiger partial charge in [-0.2, -0.15) is 0 Å². The molecule has 3 heteroatoms. The zero-order chi connectivity index (χ0) is 9.10. The van der Waals surface area contributed by atoms with Gasteiger partial charge in [0.25, 0.3) is 0 Å². The summed E-state index contributed by atoms with van der Waals surface area (Å²) in [5.74, 6) is 0. The van der Waals surface area contributed by atoms with Gasteiger partial charge in [0.15, 0.2) is 0 Å². The molecule has 2 unspecified atom stereocenters. The van der Waals surface area contributed by atoms with Crippen LogP contribution in [0.15, 0.2) is 0 Å². The van der Waals surface area contributed by atoms with Gasteiger partial charge < -0.3 is 10.4 Å². The Morgan fingerprint density at radius 1 is 1.15 bits per heavy atom. The van der Waals surface area contributed by atoms with Crippen molar-refractivity contribution >= 4 is 0 Å². The zero-order valence-electron chi connectivity index (χ0n) is 8.21. The second kappa shape index (κ2) is 4.40. The smallest absolute Gasteiger partial charge is 0.122 e.